The fourth-order valence-corrected chi connectivity index (χ4v) is 4.17. The molecule has 3 heterocycles. The van der Waals surface area contributed by atoms with Crippen LogP contribution in [0.25, 0.3) is 11.3 Å². The highest BCUT2D eigenvalue weighted by molar-refractivity contribution is 6.04. The summed E-state index contributed by atoms with van der Waals surface area (Å²) in [5, 5.41) is 2.95. The van der Waals surface area contributed by atoms with Gasteiger partial charge in [0.15, 0.2) is 0 Å². The van der Waals surface area contributed by atoms with Gasteiger partial charge >= 0.3 is 0 Å². The number of benzene rings is 2. The lowest BCUT2D eigenvalue weighted by Crippen LogP contribution is -2.43. The minimum absolute atomic E-state index is 0.0331. The van der Waals surface area contributed by atoms with Crippen molar-refractivity contribution >= 4 is 17.3 Å². The van der Waals surface area contributed by atoms with Crippen molar-refractivity contribution in [3.8, 4) is 11.3 Å². The first-order valence-corrected chi connectivity index (χ1v) is 12.3. The van der Waals surface area contributed by atoms with E-state index in [1.807, 2.05) is 43.3 Å². The Morgan fingerprint density at radius 2 is 1.95 bits per heavy atom. The first-order valence-electron chi connectivity index (χ1n) is 13.3. The Labute approximate surface area is 219 Å². The molecular formula is C29H31N7O. The number of likely N-dealkylation sites (N-methyl/N-ethyl adjacent to an activating group) is 1. The van der Waals surface area contributed by atoms with Crippen LogP contribution in [-0.4, -0.2) is 63.9 Å². The second kappa shape index (κ2) is 11.3. The van der Waals surface area contributed by atoms with Gasteiger partial charge in [-0.05, 0) is 67.5 Å². The van der Waals surface area contributed by atoms with Crippen molar-refractivity contribution in [3.63, 3.8) is 0 Å². The third-order valence-corrected chi connectivity index (χ3v) is 6.44. The van der Waals surface area contributed by atoms with Gasteiger partial charge in [-0.15, -0.1) is 0 Å². The zero-order valence-electron chi connectivity index (χ0n) is 23.0. The quantitative estimate of drug-likeness (QED) is 0.422. The normalized spacial score (nSPS) is 15.8. The SMILES string of the molecule is [2H]c1nc(=Nc2cc(NC(=O)c3ccc(CN4CCN(C)CC4)cc3)ccc2C)[nH]c(-c2cccnc2)c1[2H]. The summed E-state index contributed by atoms with van der Waals surface area (Å²) in [6, 6.07) is 16.7. The van der Waals surface area contributed by atoms with Crippen LogP contribution in [-0.2, 0) is 6.54 Å². The van der Waals surface area contributed by atoms with E-state index < -0.39 is 0 Å². The van der Waals surface area contributed by atoms with Crippen molar-refractivity contribution in [1.29, 1.82) is 0 Å². The van der Waals surface area contributed by atoms with E-state index in [4.69, 9.17) is 2.74 Å². The van der Waals surface area contributed by atoms with Gasteiger partial charge in [0, 0.05) is 68.1 Å². The van der Waals surface area contributed by atoms with Crippen molar-refractivity contribution in [3.05, 3.63) is 102 Å². The summed E-state index contributed by atoms with van der Waals surface area (Å²) < 4.78 is 16.4. The molecule has 1 fully saturated rings. The number of aromatic nitrogens is 3. The summed E-state index contributed by atoms with van der Waals surface area (Å²) >= 11 is 0. The smallest absolute Gasteiger partial charge is 0.255 e. The van der Waals surface area contributed by atoms with Crippen LogP contribution in [0, 0.1) is 6.92 Å². The number of nitrogens with zero attached hydrogens (tertiary/aromatic N) is 5. The predicted octanol–water partition coefficient (Wildman–Crippen LogP) is 4.01. The number of piperazine rings is 1. The Bertz CT molecular complexity index is 1530. The summed E-state index contributed by atoms with van der Waals surface area (Å²) in [4.78, 5) is 33.6. The number of hydrogen-bond acceptors (Lipinski definition) is 6. The maximum absolute atomic E-state index is 13.0. The van der Waals surface area contributed by atoms with Crippen LogP contribution in [0.15, 0.2) is 84.2 Å². The third kappa shape index (κ3) is 6.35. The molecule has 0 unspecified atom stereocenters. The molecule has 0 spiro atoms. The van der Waals surface area contributed by atoms with Gasteiger partial charge in [0.2, 0.25) is 5.62 Å². The minimum atomic E-state index is -0.202. The van der Waals surface area contributed by atoms with Gasteiger partial charge < -0.3 is 15.2 Å². The summed E-state index contributed by atoms with van der Waals surface area (Å²) in [7, 11) is 2.15. The number of anilines is 1. The number of carbonyl (C=O) groups excluding carboxylic acids is 1. The van der Waals surface area contributed by atoms with Gasteiger partial charge in [0.05, 0.1) is 14.1 Å². The van der Waals surface area contributed by atoms with Crippen molar-refractivity contribution in [2.24, 2.45) is 4.99 Å². The second-order valence-corrected chi connectivity index (χ2v) is 9.26. The first kappa shape index (κ1) is 22.1. The van der Waals surface area contributed by atoms with Crippen molar-refractivity contribution in [2.75, 3.05) is 38.5 Å². The van der Waals surface area contributed by atoms with E-state index in [9.17, 15) is 4.79 Å². The highest BCUT2D eigenvalue weighted by atomic mass is 16.1. The minimum Gasteiger partial charge on any atom is -0.323 e. The number of amides is 1. The molecule has 5 rings (SSSR count). The lowest BCUT2D eigenvalue weighted by molar-refractivity contribution is 0.102. The molecule has 1 aliphatic rings. The molecular weight excluding hydrogens is 462 g/mol. The van der Waals surface area contributed by atoms with Crippen LogP contribution in [0.3, 0.4) is 0 Å². The molecule has 4 aromatic rings. The Kier molecular flexibility index (Phi) is 6.73. The summed E-state index contributed by atoms with van der Waals surface area (Å²) in [6.07, 6.45) is 3.07. The number of pyridine rings is 1. The molecule has 1 saturated heterocycles. The van der Waals surface area contributed by atoms with Crippen LogP contribution in [0.5, 0.6) is 0 Å². The zero-order chi connectivity index (χ0) is 27.4. The average molecular weight is 496 g/mol. The van der Waals surface area contributed by atoms with Crippen LogP contribution in [0.2, 0.25) is 0 Å². The molecule has 1 amide bonds. The fourth-order valence-electron chi connectivity index (χ4n) is 4.17. The Morgan fingerprint density at radius 3 is 2.70 bits per heavy atom. The molecule has 0 aliphatic carbocycles. The largest absolute Gasteiger partial charge is 0.323 e. The van der Waals surface area contributed by atoms with E-state index >= 15 is 0 Å². The van der Waals surface area contributed by atoms with Gasteiger partial charge in [-0.25, -0.2) is 9.98 Å². The van der Waals surface area contributed by atoms with E-state index in [1.165, 1.54) is 5.56 Å². The van der Waals surface area contributed by atoms with Crippen LogP contribution in [0.1, 0.15) is 24.2 Å². The summed E-state index contributed by atoms with van der Waals surface area (Å²) in [6.45, 7) is 7.04. The molecule has 0 bridgehead atoms. The molecule has 2 aromatic carbocycles. The molecule has 188 valence electrons. The van der Waals surface area contributed by atoms with E-state index in [2.05, 4.69) is 42.1 Å². The second-order valence-electron chi connectivity index (χ2n) is 9.26. The maximum atomic E-state index is 13.0. The number of carbonyl (C=O) groups is 1. The van der Waals surface area contributed by atoms with Gasteiger partial charge in [-0.3, -0.25) is 14.7 Å². The Hall–Kier alpha value is -4.14. The molecule has 8 heteroatoms. The van der Waals surface area contributed by atoms with Gasteiger partial charge in [-0.2, -0.15) is 0 Å². The standard InChI is InChI=1S/C29H31N7O/c1-21-5-10-25(18-27(21)34-29-31-13-11-26(33-29)24-4-3-12-30-19-24)32-28(37)23-8-6-22(7-9-23)20-36-16-14-35(2)15-17-36/h3-13,18-19H,14-17,20H2,1-2H3,(H,32,37)(H,31,33,34)/i11D,13D. The van der Waals surface area contributed by atoms with Gasteiger partial charge in [0.25, 0.3) is 5.91 Å². The molecule has 0 radical (unpaired) electrons. The van der Waals surface area contributed by atoms with Crippen LogP contribution >= 0.6 is 0 Å². The van der Waals surface area contributed by atoms with Crippen molar-refractivity contribution < 1.29 is 7.54 Å². The highest BCUT2D eigenvalue weighted by Crippen LogP contribution is 2.23. The van der Waals surface area contributed by atoms with E-state index in [0.717, 1.165) is 38.3 Å². The Morgan fingerprint density at radius 1 is 1.14 bits per heavy atom. The fraction of sp³-hybridized carbons (Fsp3) is 0.241. The molecule has 0 atom stereocenters. The maximum Gasteiger partial charge on any atom is 0.255 e. The number of rotatable bonds is 6. The first-order chi connectivity index (χ1) is 18.9. The third-order valence-electron chi connectivity index (χ3n) is 6.44. The lowest BCUT2D eigenvalue weighted by atomic mass is 10.1. The van der Waals surface area contributed by atoms with Crippen molar-refractivity contribution in [2.45, 2.75) is 13.5 Å². The molecule has 37 heavy (non-hydrogen) atoms. The van der Waals surface area contributed by atoms with E-state index in [0.29, 0.717) is 28.2 Å². The number of aryl methyl sites for hydroxylation is 1. The highest BCUT2D eigenvalue weighted by Gasteiger charge is 2.14. The number of H-pyrrole nitrogens is 1. The monoisotopic (exact) mass is 495 g/mol. The molecule has 8 nitrogen and oxygen atoms in total. The Balaban J connectivity index is 1.32. The molecule has 2 aromatic heterocycles. The number of hydrogen-bond donors (Lipinski definition) is 2. The summed E-state index contributed by atoms with van der Waals surface area (Å²) in [5.74, 6) is -0.202. The lowest BCUT2D eigenvalue weighted by Gasteiger charge is -2.32. The van der Waals surface area contributed by atoms with Crippen LogP contribution in [0.4, 0.5) is 11.4 Å². The predicted molar refractivity (Wildman–Crippen MR) is 145 cm³/mol. The molecule has 1 aliphatic heterocycles. The van der Waals surface area contributed by atoms with Crippen LogP contribution < -0.4 is 10.9 Å². The number of nitrogens with one attached hydrogen (secondary N) is 2. The van der Waals surface area contributed by atoms with Gasteiger partial charge in [-0.1, -0.05) is 18.2 Å². The van der Waals surface area contributed by atoms with Gasteiger partial charge in [0.1, 0.15) is 0 Å². The average Bonchev–Trinajstić information content (AvgIpc) is 2.94. The zero-order valence-corrected chi connectivity index (χ0v) is 21.0. The summed E-state index contributed by atoms with van der Waals surface area (Å²) in [5.41, 5.74) is 5.11. The topological polar surface area (TPSA) is 89.5 Å². The van der Waals surface area contributed by atoms with Crippen molar-refractivity contribution in [1.82, 2.24) is 24.8 Å². The number of aromatic amines is 1. The molecule has 0 saturated carbocycles. The molecule has 2 N–H and O–H groups in total. The van der Waals surface area contributed by atoms with E-state index in [1.54, 1.807) is 30.6 Å². The van der Waals surface area contributed by atoms with E-state index in [-0.39, 0.29) is 23.7 Å².